The predicted molar refractivity (Wildman–Crippen MR) is 73.2 cm³/mol. The van der Waals surface area contributed by atoms with Crippen LogP contribution in [0, 0.1) is 11.8 Å². The molecule has 110 valence electrons. The van der Waals surface area contributed by atoms with Crippen molar-refractivity contribution in [1.82, 2.24) is 9.97 Å². The maximum Gasteiger partial charge on any atom is 0.358 e. The molecule has 0 fully saturated rings. The Morgan fingerprint density at radius 2 is 1.95 bits per heavy atom. The lowest BCUT2D eigenvalue weighted by molar-refractivity contribution is 0.0594. The van der Waals surface area contributed by atoms with E-state index >= 15 is 0 Å². The van der Waals surface area contributed by atoms with Crippen molar-refractivity contribution in [3.63, 3.8) is 0 Å². The van der Waals surface area contributed by atoms with Crippen molar-refractivity contribution in [3.05, 3.63) is 39.8 Å². The zero-order chi connectivity index (χ0) is 15.7. The molecule has 0 unspecified atom stereocenters. The van der Waals surface area contributed by atoms with Crippen molar-refractivity contribution in [2.24, 2.45) is 0 Å². The van der Waals surface area contributed by atoms with Crippen LogP contribution in [0.25, 0.3) is 11.3 Å². The minimum absolute atomic E-state index is 0.119. The molecule has 5 nitrogen and oxygen atoms in total. The van der Waals surface area contributed by atoms with Crippen molar-refractivity contribution < 1.29 is 18.3 Å². The van der Waals surface area contributed by atoms with Gasteiger partial charge in [0, 0.05) is 0 Å². The molecule has 9 heteroatoms. The zero-order valence-electron chi connectivity index (χ0n) is 10.5. The Balaban J connectivity index is 2.74. The molecule has 2 aromatic rings. The van der Waals surface area contributed by atoms with E-state index in [9.17, 15) is 13.6 Å². The summed E-state index contributed by atoms with van der Waals surface area (Å²) in [5, 5.41) is -0.530. The normalized spacial score (nSPS) is 10.5. The molecule has 2 N–H and O–H groups in total. The summed E-state index contributed by atoms with van der Waals surface area (Å²) in [7, 11) is 1.09. The molecule has 21 heavy (non-hydrogen) atoms. The zero-order valence-corrected chi connectivity index (χ0v) is 12.0. The van der Waals surface area contributed by atoms with E-state index in [4.69, 9.17) is 28.9 Å². The van der Waals surface area contributed by atoms with Gasteiger partial charge in [-0.2, -0.15) is 4.39 Å². The number of carbonyl (C=O) groups excluding carboxylic acids is 1. The van der Waals surface area contributed by atoms with Crippen molar-refractivity contribution in [1.29, 1.82) is 0 Å². The molecule has 0 aliphatic rings. The maximum absolute atomic E-state index is 14.1. The van der Waals surface area contributed by atoms with Gasteiger partial charge in [-0.3, -0.25) is 0 Å². The minimum Gasteiger partial charge on any atom is -0.464 e. The van der Waals surface area contributed by atoms with Gasteiger partial charge in [0.25, 0.3) is 0 Å². The second-order valence-corrected chi connectivity index (χ2v) is 4.58. The van der Waals surface area contributed by atoms with Crippen LogP contribution in [0.2, 0.25) is 10.2 Å². The van der Waals surface area contributed by atoms with Crippen LogP contribution in [0.4, 0.5) is 14.5 Å². The summed E-state index contributed by atoms with van der Waals surface area (Å²) in [4.78, 5) is 18.6. The first-order valence-electron chi connectivity index (χ1n) is 5.42. The Kier molecular flexibility index (Phi) is 4.24. The second-order valence-electron chi connectivity index (χ2n) is 3.81. The number of halogens is 4. The number of nitrogens with zero attached hydrogens (tertiary/aromatic N) is 2. The van der Waals surface area contributed by atoms with Crippen molar-refractivity contribution in [2.45, 2.75) is 0 Å². The molecule has 0 aliphatic heterocycles. The lowest BCUT2D eigenvalue weighted by atomic mass is 10.1. The van der Waals surface area contributed by atoms with Crippen molar-refractivity contribution in [3.8, 4) is 11.3 Å². The molecule has 0 saturated carbocycles. The van der Waals surface area contributed by atoms with Crippen LogP contribution in [0.3, 0.4) is 0 Å². The van der Waals surface area contributed by atoms with Crippen molar-refractivity contribution >= 4 is 34.9 Å². The molecule has 0 aliphatic carbocycles. The van der Waals surface area contributed by atoms with E-state index < -0.39 is 39.8 Å². The predicted octanol–water partition coefficient (Wildman–Crippen LogP) is 3.10. The number of aromatic nitrogens is 2. The Morgan fingerprint density at radius 3 is 2.52 bits per heavy atom. The topological polar surface area (TPSA) is 78.1 Å². The van der Waals surface area contributed by atoms with Gasteiger partial charge in [0.1, 0.15) is 10.8 Å². The van der Waals surface area contributed by atoms with Gasteiger partial charge in [0.05, 0.1) is 23.4 Å². The van der Waals surface area contributed by atoms with Gasteiger partial charge >= 0.3 is 5.97 Å². The van der Waals surface area contributed by atoms with Gasteiger partial charge in [-0.1, -0.05) is 23.2 Å². The average molecular weight is 334 g/mol. The summed E-state index contributed by atoms with van der Waals surface area (Å²) in [6, 6.07) is 2.40. The monoisotopic (exact) mass is 333 g/mol. The van der Waals surface area contributed by atoms with Crippen LogP contribution in [0.15, 0.2) is 12.1 Å². The summed E-state index contributed by atoms with van der Waals surface area (Å²) in [6.45, 7) is 0. The van der Waals surface area contributed by atoms with Gasteiger partial charge in [-0.25, -0.2) is 19.2 Å². The first-order valence-corrected chi connectivity index (χ1v) is 6.17. The SMILES string of the molecule is COC(=O)c1nc(-c2ccc(Cl)nc2F)c(F)c(N)c1Cl. The Labute approximate surface area is 127 Å². The molecule has 0 saturated heterocycles. The summed E-state index contributed by atoms with van der Waals surface area (Å²) < 4.78 is 32.4. The first kappa shape index (κ1) is 15.4. The number of hydrogen-bond donors (Lipinski definition) is 1. The van der Waals surface area contributed by atoms with Crippen LogP contribution in [0.5, 0.6) is 0 Å². The van der Waals surface area contributed by atoms with Crippen LogP contribution >= 0.6 is 23.2 Å². The van der Waals surface area contributed by atoms with E-state index in [1.807, 2.05) is 0 Å². The number of ether oxygens (including phenoxy) is 1. The summed E-state index contributed by atoms with van der Waals surface area (Å²) in [5.74, 6) is -3.07. The quantitative estimate of drug-likeness (QED) is 0.674. The number of carbonyl (C=O) groups is 1. The van der Waals surface area contributed by atoms with Gasteiger partial charge in [0.15, 0.2) is 11.5 Å². The highest BCUT2D eigenvalue weighted by molar-refractivity contribution is 6.35. The van der Waals surface area contributed by atoms with Crippen LogP contribution in [-0.4, -0.2) is 23.0 Å². The molecule has 0 spiro atoms. The Bertz CT molecular complexity index is 741. The van der Waals surface area contributed by atoms with E-state index in [0.717, 1.165) is 13.2 Å². The third kappa shape index (κ3) is 2.74. The van der Waals surface area contributed by atoms with Crippen LogP contribution in [0.1, 0.15) is 10.5 Å². The lowest BCUT2D eigenvalue weighted by Gasteiger charge is -2.10. The van der Waals surface area contributed by atoms with E-state index in [2.05, 4.69) is 14.7 Å². The Hall–Kier alpha value is -1.99. The van der Waals surface area contributed by atoms with E-state index in [1.165, 1.54) is 6.07 Å². The lowest BCUT2D eigenvalue weighted by Crippen LogP contribution is -2.11. The number of nitrogens with two attached hydrogens (primary N) is 1. The van der Waals surface area contributed by atoms with Gasteiger partial charge < -0.3 is 10.5 Å². The third-order valence-corrected chi connectivity index (χ3v) is 3.15. The number of pyridine rings is 2. The van der Waals surface area contributed by atoms with Crippen LogP contribution in [-0.2, 0) is 4.74 Å². The fourth-order valence-corrected chi connectivity index (χ4v) is 1.90. The second kappa shape index (κ2) is 5.79. The maximum atomic E-state index is 14.1. The fraction of sp³-hybridized carbons (Fsp3) is 0.0833. The molecule has 2 aromatic heterocycles. The fourth-order valence-electron chi connectivity index (χ4n) is 1.56. The number of methoxy groups -OCH3 is 1. The van der Waals surface area contributed by atoms with E-state index in [-0.39, 0.29) is 10.7 Å². The molecular weight excluding hydrogens is 327 g/mol. The molecule has 0 radical (unpaired) electrons. The molecule has 2 rings (SSSR count). The number of rotatable bonds is 2. The average Bonchev–Trinajstić information content (AvgIpc) is 2.45. The molecular formula is C12H7Cl2F2N3O2. The van der Waals surface area contributed by atoms with Gasteiger partial charge in [-0.05, 0) is 12.1 Å². The summed E-state index contributed by atoms with van der Waals surface area (Å²) in [5.41, 5.74) is 3.67. The first-order chi connectivity index (χ1) is 9.86. The smallest absolute Gasteiger partial charge is 0.358 e. The molecule has 2 heterocycles. The molecule has 0 bridgehead atoms. The summed E-state index contributed by atoms with van der Waals surface area (Å²) in [6.07, 6.45) is 0. The van der Waals surface area contributed by atoms with Crippen molar-refractivity contribution in [2.75, 3.05) is 12.8 Å². The van der Waals surface area contributed by atoms with E-state index in [1.54, 1.807) is 0 Å². The number of anilines is 1. The highest BCUT2D eigenvalue weighted by Gasteiger charge is 2.24. The highest BCUT2D eigenvalue weighted by Crippen LogP contribution is 2.33. The van der Waals surface area contributed by atoms with Gasteiger partial charge in [-0.15, -0.1) is 0 Å². The molecule has 0 aromatic carbocycles. The molecule has 0 amide bonds. The van der Waals surface area contributed by atoms with Gasteiger partial charge in [0.2, 0.25) is 5.95 Å². The molecule has 0 atom stereocenters. The summed E-state index contributed by atoms with van der Waals surface area (Å²) >= 11 is 11.3. The minimum atomic E-state index is -1.07. The van der Waals surface area contributed by atoms with E-state index in [0.29, 0.717) is 0 Å². The number of nitrogen functional groups attached to an aromatic ring is 1. The number of hydrogen-bond acceptors (Lipinski definition) is 5. The Morgan fingerprint density at radius 1 is 1.29 bits per heavy atom. The highest BCUT2D eigenvalue weighted by atomic mass is 35.5. The largest absolute Gasteiger partial charge is 0.464 e. The standard InChI is InChI=1S/C12H7Cl2F2N3O2/c1-21-12(20)10-6(14)8(17)7(15)9(19-10)4-2-3-5(13)18-11(4)16/h2-3H,1H3,(H2,17,19). The number of esters is 1. The third-order valence-electron chi connectivity index (χ3n) is 2.56. The van der Waals surface area contributed by atoms with Crippen LogP contribution < -0.4 is 5.73 Å².